The van der Waals surface area contributed by atoms with Crippen LogP contribution in [0, 0.1) is 51.9 Å². The van der Waals surface area contributed by atoms with Crippen molar-refractivity contribution in [3.8, 4) is 6.26 Å². The SMILES string of the molecule is CC12CCC3C(C(=O)CC4CCCCC43C)C1CCC2CCCOC#N. The summed E-state index contributed by atoms with van der Waals surface area (Å²) in [5.74, 6) is 3.58. The van der Waals surface area contributed by atoms with E-state index in [1.54, 1.807) is 6.26 Å². The van der Waals surface area contributed by atoms with Crippen molar-refractivity contribution in [2.24, 2.45) is 40.4 Å². The van der Waals surface area contributed by atoms with Crippen molar-refractivity contribution in [3.63, 3.8) is 0 Å². The molecule has 4 rings (SSSR count). The zero-order valence-corrected chi connectivity index (χ0v) is 16.6. The average Bonchev–Trinajstić information content (AvgIpc) is 2.96. The lowest BCUT2D eigenvalue weighted by Crippen LogP contribution is -2.56. The Morgan fingerprint density at radius 1 is 1.08 bits per heavy atom. The first-order valence-corrected chi connectivity index (χ1v) is 11.0. The van der Waals surface area contributed by atoms with E-state index in [2.05, 4.69) is 13.8 Å². The van der Waals surface area contributed by atoms with Crippen molar-refractivity contribution in [2.45, 2.75) is 84.5 Å². The van der Waals surface area contributed by atoms with Crippen molar-refractivity contribution in [1.29, 1.82) is 5.26 Å². The van der Waals surface area contributed by atoms with Gasteiger partial charge in [0.15, 0.2) is 0 Å². The lowest BCUT2D eigenvalue weighted by Gasteiger charge is -2.59. The van der Waals surface area contributed by atoms with Crippen LogP contribution < -0.4 is 0 Å². The third-order valence-electron chi connectivity index (χ3n) is 9.45. The Morgan fingerprint density at radius 2 is 1.88 bits per heavy atom. The van der Waals surface area contributed by atoms with Gasteiger partial charge < -0.3 is 4.74 Å². The molecule has 4 saturated carbocycles. The number of carbonyl (C=O) groups is 1. The lowest BCUT2D eigenvalue weighted by atomic mass is 9.44. The predicted molar refractivity (Wildman–Crippen MR) is 101 cm³/mol. The summed E-state index contributed by atoms with van der Waals surface area (Å²) < 4.78 is 4.89. The van der Waals surface area contributed by atoms with E-state index in [0.717, 1.165) is 19.3 Å². The Labute approximate surface area is 158 Å². The number of hydrogen-bond acceptors (Lipinski definition) is 3. The second-order valence-electron chi connectivity index (χ2n) is 10.3. The highest BCUT2D eigenvalue weighted by Gasteiger charge is 2.61. The maximum atomic E-state index is 13.3. The molecule has 0 heterocycles. The maximum absolute atomic E-state index is 13.3. The van der Waals surface area contributed by atoms with Gasteiger partial charge in [-0.05, 0) is 85.9 Å². The van der Waals surface area contributed by atoms with Crippen molar-refractivity contribution in [1.82, 2.24) is 0 Å². The molecule has 0 bridgehead atoms. The Morgan fingerprint density at radius 3 is 2.69 bits per heavy atom. The number of ether oxygens (including phenoxy) is 1. The summed E-state index contributed by atoms with van der Waals surface area (Å²) in [6, 6.07) is 0. The predicted octanol–water partition coefficient (Wildman–Crippen LogP) is 5.49. The van der Waals surface area contributed by atoms with Gasteiger partial charge in [0.2, 0.25) is 0 Å². The molecule has 3 nitrogen and oxygen atoms in total. The number of hydrogen-bond donors (Lipinski definition) is 0. The van der Waals surface area contributed by atoms with Gasteiger partial charge in [0.25, 0.3) is 6.26 Å². The summed E-state index contributed by atoms with van der Waals surface area (Å²) in [5, 5.41) is 8.56. The molecular formula is C23H35NO2. The molecule has 0 saturated heterocycles. The van der Waals surface area contributed by atoms with Crippen LogP contribution in [0.25, 0.3) is 0 Å². The Hall–Kier alpha value is -1.04. The first-order valence-electron chi connectivity index (χ1n) is 11.0. The fraction of sp³-hybridized carbons (Fsp3) is 0.913. The van der Waals surface area contributed by atoms with E-state index in [1.165, 1.54) is 51.4 Å². The Bertz CT molecular complexity index is 596. The standard InChI is InChI=1S/C23H35NO2/c1-22-11-4-3-6-17(22)14-20(25)21-18-9-8-16(7-5-13-26-15-24)23(18,2)12-10-19(21)22/h16-19,21H,3-14H2,1-2H3. The van der Waals surface area contributed by atoms with E-state index in [4.69, 9.17) is 10.00 Å². The Balaban J connectivity index is 1.52. The number of ketones is 1. The van der Waals surface area contributed by atoms with Gasteiger partial charge >= 0.3 is 0 Å². The second-order valence-corrected chi connectivity index (χ2v) is 10.3. The molecule has 7 unspecified atom stereocenters. The van der Waals surface area contributed by atoms with Gasteiger partial charge in [-0.3, -0.25) is 4.79 Å². The molecule has 26 heavy (non-hydrogen) atoms. The molecule has 0 amide bonds. The van der Waals surface area contributed by atoms with Crippen molar-refractivity contribution >= 4 is 5.78 Å². The van der Waals surface area contributed by atoms with Crippen LogP contribution in [0.1, 0.15) is 84.5 Å². The first kappa shape index (κ1) is 18.3. The molecule has 144 valence electrons. The van der Waals surface area contributed by atoms with Crippen molar-refractivity contribution in [2.75, 3.05) is 6.61 Å². The minimum Gasteiger partial charge on any atom is -0.428 e. The van der Waals surface area contributed by atoms with Crippen LogP contribution in [0.15, 0.2) is 0 Å². The van der Waals surface area contributed by atoms with Gasteiger partial charge in [-0.25, -0.2) is 0 Å². The number of carbonyl (C=O) groups excluding carboxylic acids is 1. The van der Waals surface area contributed by atoms with Crippen LogP contribution in [-0.4, -0.2) is 12.4 Å². The van der Waals surface area contributed by atoms with Crippen LogP contribution >= 0.6 is 0 Å². The minimum absolute atomic E-state index is 0.335. The Kier molecular flexibility index (Phi) is 4.82. The molecule has 0 spiro atoms. The molecule has 7 atom stereocenters. The second kappa shape index (κ2) is 6.84. The van der Waals surface area contributed by atoms with Gasteiger partial charge in [0.1, 0.15) is 12.4 Å². The number of nitriles is 1. The van der Waals surface area contributed by atoms with E-state index in [-0.39, 0.29) is 0 Å². The van der Waals surface area contributed by atoms with Gasteiger partial charge in [0.05, 0.1) is 0 Å². The molecule has 4 aliphatic carbocycles. The van der Waals surface area contributed by atoms with Crippen LogP contribution in [0.5, 0.6) is 0 Å². The van der Waals surface area contributed by atoms with E-state index >= 15 is 0 Å². The average molecular weight is 358 g/mol. The van der Waals surface area contributed by atoms with E-state index in [9.17, 15) is 4.79 Å². The summed E-state index contributed by atoms with van der Waals surface area (Å²) in [4.78, 5) is 13.3. The quantitative estimate of drug-likeness (QED) is 0.493. The molecule has 4 fully saturated rings. The normalized spacial score (nSPS) is 47.4. The largest absolute Gasteiger partial charge is 0.428 e. The number of fused-ring (bicyclic) bond motifs is 5. The monoisotopic (exact) mass is 357 g/mol. The fourth-order valence-electron chi connectivity index (χ4n) is 7.99. The summed E-state index contributed by atoms with van der Waals surface area (Å²) in [7, 11) is 0. The number of rotatable bonds is 4. The van der Waals surface area contributed by atoms with E-state index in [0.29, 0.717) is 52.8 Å². The zero-order chi connectivity index (χ0) is 18.4. The van der Waals surface area contributed by atoms with E-state index < -0.39 is 0 Å². The summed E-state index contributed by atoms with van der Waals surface area (Å²) >= 11 is 0. The topological polar surface area (TPSA) is 50.1 Å². The number of Topliss-reactive ketones (excluding diaryl/α,β-unsaturated/α-hetero) is 1. The lowest BCUT2D eigenvalue weighted by molar-refractivity contribution is -0.155. The summed E-state index contributed by atoms with van der Waals surface area (Å²) in [6.45, 7) is 5.58. The minimum atomic E-state index is 0.335. The maximum Gasteiger partial charge on any atom is 0.286 e. The fourth-order valence-corrected chi connectivity index (χ4v) is 7.99. The third-order valence-corrected chi connectivity index (χ3v) is 9.45. The molecule has 0 aliphatic heterocycles. The molecular weight excluding hydrogens is 322 g/mol. The smallest absolute Gasteiger partial charge is 0.286 e. The molecule has 4 aliphatic rings. The zero-order valence-electron chi connectivity index (χ0n) is 16.6. The summed E-state index contributed by atoms with van der Waals surface area (Å²) in [6.07, 6.45) is 15.2. The van der Waals surface area contributed by atoms with Gasteiger partial charge in [-0.1, -0.05) is 26.7 Å². The summed E-state index contributed by atoms with van der Waals surface area (Å²) in [5.41, 5.74) is 0.762. The first-order chi connectivity index (χ1) is 12.5. The number of nitrogens with zero attached hydrogens (tertiary/aromatic N) is 1. The van der Waals surface area contributed by atoms with Crippen LogP contribution in [0.3, 0.4) is 0 Å². The highest BCUT2D eigenvalue weighted by atomic mass is 16.5. The highest BCUT2D eigenvalue weighted by Crippen LogP contribution is 2.67. The molecule has 0 aromatic rings. The third kappa shape index (κ3) is 2.71. The van der Waals surface area contributed by atoms with Crippen LogP contribution in [-0.2, 0) is 9.53 Å². The van der Waals surface area contributed by atoms with Gasteiger partial charge in [0, 0.05) is 12.3 Å². The molecule has 0 aromatic carbocycles. The molecule has 0 radical (unpaired) electrons. The van der Waals surface area contributed by atoms with Gasteiger partial charge in [-0.15, -0.1) is 0 Å². The van der Waals surface area contributed by atoms with Crippen molar-refractivity contribution in [3.05, 3.63) is 0 Å². The molecule has 0 aromatic heterocycles. The van der Waals surface area contributed by atoms with Crippen LogP contribution in [0.4, 0.5) is 0 Å². The van der Waals surface area contributed by atoms with Gasteiger partial charge in [-0.2, -0.15) is 5.26 Å². The van der Waals surface area contributed by atoms with Crippen LogP contribution in [0.2, 0.25) is 0 Å². The highest BCUT2D eigenvalue weighted by molar-refractivity contribution is 5.83. The van der Waals surface area contributed by atoms with Crippen molar-refractivity contribution < 1.29 is 9.53 Å². The molecule has 0 N–H and O–H groups in total. The van der Waals surface area contributed by atoms with E-state index in [1.807, 2.05) is 0 Å². The molecule has 3 heteroatoms.